The van der Waals surface area contributed by atoms with E-state index in [9.17, 15) is 9.59 Å². The van der Waals surface area contributed by atoms with Gasteiger partial charge in [0.2, 0.25) is 0 Å². The van der Waals surface area contributed by atoms with Crippen LogP contribution in [0.25, 0.3) is 5.69 Å². The van der Waals surface area contributed by atoms with Crippen LogP contribution in [0.15, 0.2) is 39.9 Å². The number of nitrogens with one attached hydrogen (secondary N) is 2. The Labute approximate surface area is 164 Å². The maximum Gasteiger partial charge on any atom is 0.349 e. The van der Waals surface area contributed by atoms with Gasteiger partial charge < -0.3 is 9.47 Å². The van der Waals surface area contributed by atoms with Gasteiger partial charge in [-0.2, -0.15) is 0 Å². The van der Waals surface area contributed by atoms with E-state index in [4.69, 9.17) is 32.7 Å². The average Bonchev–Trinajstić information content (AvgIpc) is 2.96. The van der Waals surface area contributed by atoms with Gasteiger partial charge in [-0.15, -0.1) is 0 Å². The Morgan fingerprint density at radius 2 is 1.74 bits per heavy atom. The van der Waals surface area contributed by atoms with Gasteiger partial charge >= 0.3 is 11.4 Å². The number of nitrogens with zero attached hydrogens (tertiary/aromatic N) is 1. The van der Waals surface area contributed by atoms with Gasteiger partial charge in [-0.3, -0.25) is 4.98 Å². The zero-order valence-corrected chi connectivity index (χ0v) is 16.3. The molecule has 1 aromatic heterocycles. The number of methoxy groups -OCH3 is 1. The third-order valence-corrected chi connectivity index (χ3v) is 4.48. The highest BCUT2D eigenvalue weighted by atomic mass is 35.5. The second-order valence-corrected chi connectivity index (χ2v) is 6.92. The van der Waals surface area contributed by atoms with E-state index in [-0.39, 0.29) is 21.7 Å². The van der Waals surface area contributed by atoms with Crippen LogP contribution in [-0.4, -0.2) is 21.9 Å². The van der Waals surface area contributed by atoms with Crippen molar-refractivity contribution in [1.29, 1.82) is 0 Å². The van der Waals surface area contributed by atoms with Crippen LogP contribution in [0.4, 0.5) is 0 Å². The van der Waals surface area contributed by atoms with Crippen LogP contribution < -0.4 is 20.9 Å². The lowest BCUT2D eigenvalue weighted by Crippen LogP contribution is -2.16. The fourth-order valence-corrected chi connectivity index (χ4v) is 3.19. The molecule has 27 heavy (non-hydrogen) atoms. The summed E-state index contributed by atoms with van der Waals surface area (Å²) >= 11 is 12.6. The van der Waals surface area contributed by atoms with Crippen LogP contribution >= 0.6 is 23.2 Å². The van der Waals surface area contributed by atoms with Gasteiger partial charge in [0.25, 0.3) is 0 Å². The summed E-state index contributed by atoms with van der Waals surface area (Å²) in [5.41, 5.74) is 0.0261. The van der Waals surface area contributed by atoms with Gasteiger partial charge in [0, 0.05) is 5.56 Å². The summed E-state index contributed by atoms with van der Waals surface area (Å²) in [6.07, 6.45) is 0. The lowest BCUT2D eigenvalue weighted by Gasteiger charge is -2.15. The largest absolute Gasteiger partial charge is 0.496 e. The zero-order chi connectivity index (χ0) is 19.7. The van der Waals surface area contributed by atoms with E-state index in [0.717, 1.165) is 16.0 Å². The Morgan fingerprint density at radius 3 is 2.26 bits per heavy atom. The predicted octanol–water partition coefficient (Wildman–Crippen LogP) is 4.09. The lowest BCUT2D eigenvalue weighted by atomic mass is 10.0. The molecular weight excluding hydrogens is 393 g/mol. The van der Waals surface area contributed by atoms with E-state index in [1.165, 1.54) is 12.1 Å². The first-order valence-corrected chi connectivity index (χ1v) is 8.82. The van der Waals surface area contributed by atoms with Crippen molar-refractivity contribution in [3.05, 3.63) is 66.9 Å². The highest BCUT2D eigenvalue weighted by molar-refractivity contribution is 6.37. The summed E-state index contributed by atoms with van der Waals surface area (Å²) in [4.78, 5) is 25.1. The molecule has 0 aliphatic rings. The van der Waals surface area contributed by atoms with Crippen molar-refractivity contribution >= 4 is 23.2 Å². The van der Waals surface area contributed by atoms with Crippen molar-refractivity contribution in [1.82, 2.24) is 14.8 Å². The van der Waals surface area contributed by atoms with Gasteiger partial charge in [0.1, 0.15) is 11.5 Å². The number of H-pyrrole nitrogens is 2. The molecule has 3 aromatic rings. The maximum atomic E-state index is 11.7. The fourth-order valence-electron chi connectivity index (χ4n) is 2.63. The van der Waals surface area contributed by atoms with Crippen molar-refractivity contribution in [3.63, 3.8) is 0 Å². The topological polar surface area (TPSA) is 89.1 Å². The molecule has 142 valence electrons. The number of halogens is 2. The molecule has 0 aliphatic carbocycles. The van der Waals surface area contributed by atoms with Gasteiger partial charge in [-0.25, -0.2) is 19.4 Å². The standard InChI is InChI=1S/C18H17Cl2N3O4/c1-9(2)12-8-11(4-5-15(12)26-3)27-16-13(19)6-10(7-14(16)20)23-18(25)21-17(24)22-23/h4-9H,1-3H3,(H2,21,22,24,25). The third kappa shape index (κ3) is 3.89. The highest BCUT2D eigenvalue weighted by Crippen LogP contribution is 2.39. The second-order valence-electron chi connectivity index (χ2n) is 6.11. The number of ether oxygens (including phenoxy) is 2. The van der Waals surface area contributed by atoms with Gasteiger partial charge in [0.15, 0.2) is 5.75 Å². The lowest BCUT2D eigenvalue weighted by molar-refractivity contribution is 0.405. The molecule has 7 nitrogen and oxygen atoms in total. The van der Waals surface area contributed by atoms with E-state index < -0.39 is 11.4 Å². The summed E-state index contributed by atoms with van der Waals surface area (Å²) in [7, 11) is 1.61. The van der Waals surface area contributed by atoms with E-state index >= 15 is 0 Å². The molecule has 0 bridgehead atoms. The monoisotopic (exact) mass is 409 g/mol. The summed E-state index contributed by atoms with van der Waals surface area (Å²) in [5.74, 6) is 1.78. The summed E-state index contributed by atoms with van der Waals surface area (Å²) in [6.45, 7) is 4.09. The van der Waals surface area contributed by atoms with Crippen molar-refractivity contribution in [2.75, 3.05) is 7.11 Å². The number of hydrogen-bond donors (Lipinski definition) is 2. The second kappa shape index (κ2) is 7.54. The number of hydrogen-bond acceptors (Lipinski definition) is 4. The zero-order valence-electron chi connectivity index (χ0n) is 14.8. The first-order valence-electron chi connectivity index (χ1n) is 8.06. The average molecular weight is 410 g/mol. The van der Waals surface area contributed by atoms with Crippen LogP contribution in [0, 0.1) is 0 Å². The molecule has 0 atom stereocenters. The van der Waals surface area contributed by atoms with Crippen LogP contribution in [0.1, 0.15) is 25.3 Å². The van der Waals surface area contributed by atoms with Crippen LogP contribution in [0.5, 0.6) is 17.2 Å². The summed E-state index contributed by atoms with van der Waals surface area (Å²) in [6, 6.07) is 8.37. The Hall–Kier alpha value is -2.64. The molecule has 0 saturated carbocycles. The molecule has 9 heteroatoms. The Morgan fingerprint density at radius 1 is 1.07 bits per heavy atom. The summed E-state index contributed by atoms with van der Waals surface area (Å²) < 4.78 is 12.2. The molecule has 2 aromatic carbocycles. The van der Waals surface area contributed by atoms with E-state index in [1.807, 2.05) is 26.0 Å². The first kappa shape index (κ1) is 19.1. The smallest absolute Gasteiger partial charge is 0.349 e. The minimum absolute atomic E-state index is 0.188. The van der Waals surface area contributed by atoms with E-state index in [1.54, 1.807) is 13.2 Å². The molecule has 0 radical (unpaired) electrons. The molecule has 0 saturated heterocycles. The number of rotatable bonds is 5. The molecular formula is C18H17Cl2N3O4. The molecule has 2 N–H and O–H groups in total. The molecule has 3 rings (SSSR count). The van der Waals surface area contributed by atoms with Gasteiger partial charge in [0.05, 0.1) is 22.8 Å². The molecule has 0 spiro atoms. The van der Waals surface area contributed by atoms with Crippen molar-refractivity contribution in [2.24, 2.45) is 0 Å². The molecule has 0 fully saturated rings. The van der Waals surface area contributed by atoms with E-state index in [2.05, 4.69) is 10.1 Å². The first-order chi connectivity index (χ1) is 12.8. The minimum atomic E-state index is -0.632. The molecule has 0 unspecified atom stereocenters. The summed E-state index contributed by atoms with van der Waals surface area (Å²) in [5, 5.41) is 2.71. The Balaban J connectivity index is 1.99. The SMILES string of the molecule is COc1ccc(Oc2c(Cl)cc(-n3[nH]c(=O)[nH]c3=O)cc2Cl)cc1C(C)C. The fraction of sp³-hybridized carbons (Fsp3) is 0.222. The normalized spacial score (nSPS) is 11.0. The van der Waals surface area contributed by atoms with E-state index in [0.29, 0.717) is 11.4 Å². The highest BCUT2D eigenvalue weighted by Gasteiger charge is 2.15. The van der Waals surface area contributed by atoms with Gasteiger partial charge in [-0.1, -0.05) is 37.0 Å². The van der Waals surface area contributed by atoms with Crippen molar-refractivity contribution in [3.8, 4) is 22.9 Å². The number of aromatic amines is 2. The maximum absolute atomic E-state index is 11.7. The van der Waals surface area contributed by atoms with Crippen LogP contribution in [0.2, 0.25) is 10.0 Å². The predicted molar refractivity (Wildman–Crippen MR) is 104 cm³/mol. The molecule has 0 amide bonds. The molecule has 0 aliphatic heterocycles. The molecule has 1 heterocycles. The van der Waals surface area contributed by atoms with Crippen LogP contribution in [0.3, 0.4) is 0 Å². The minimum Gasteiger partial charge on any atom is -0.496 e. The Kier molecular flexibility index (Phi) is 5.34. The van der Waals surface area contributed by atoms with Crippen molar-refractivity contribution in [2.45, 2.75) is 19.8 Å². The quantitative estimate of drug-likeness (QED) is 0.663. The van der Waals surface area contributed by atoms with Crippen LogP contribution in [-0.2, 0) is 0 Å². The number of aromatic nitrogens is 3. The van der Waals surface area contributed by atoms with Gasteiger partial charge in [-0.05, 0) is 36.2 Å². The number of benzene rings is 2. The van der Waals surface area contributed by atoms with Crippen molar-refractivity contribution < 1.29 is 9.47 Å². The Bertz CT molecular complexity index is 1080. The third-order valence-electron chi connectivity index (χ3n) is 3.92.